The zero-order valence-corrected chi connectivity index (χ0v) is 14.9. The van der Waals surface area contributed by atoms with E-state index in [-0.39, 0.29) is 5.56 Å². The lowest BCUT2D eigenvalue weighted by Crippen LogP contribution is -2.35. The van der Waals surface area contributed by atoms with E-state index in [9.17, 15) is 17.8 Å². The molecule has 10 heteroatoms. The van der Waals surface area contributed by atoms with Gasteiger partial charge in [-0.05, 0) is 24.3 Å². The first-order valence-corrected chi connectivity index (χ1v) is 9.60. The number of furan rings is 1. The Labute approximate surface area is 154 Å². The summed E-state index contributed by atoms with van der Waals surface area (Å²) < 4.78 is 38.0. The van der Waals surface area contributed by atoms with E-state index >= 15 is 0 Å². The van der Waals surface area contributed by atoms with Crippen molar-refractivity contribution in [1.29, 1.82) is 0 Å². The second-order valence-corrected chi connectivity index (χ2v) is 7.52. The van der Waals surface area contributed by atoms with Crippen LogP contribution in [-0.2, 0) is 29.6 Å². The quantitative estimate of drug-likeness (QED) is 0.653. The van der Waals surface area contributed by atoms with Gasteiger partial charge < -0.3 is 14.0 Å². The monoisotopic (exact) mass is 387 g/mol. The number of fused-ring (bicyclic) bond motifs is 1. The van der Waals surface area contributed by atoms with E-state index in [2.05, 4.69) is 15.0 Å². The predicted molar refractivity (Wildman–Crippen MR) is 92.6 cm³/mol. The molecule has 0 spiro atoms. The molecule has 0 fully saturated rings. The molecule has 1 N–H and O–H groups in total. The van der Waals surface area contributed by atoms with Gasteiger partial charge in [0.05, 0.1) is 17.8 Å². The minimum atomic E-state index is -4.61. The van der Waals surface area contributed by atoms with Gasteiger partial charge in [0.1, 0.15) is 11.6 Å². The van der Waals surface area contributed by atoms with Crippen molar-refractivity contribution in [1.82, 2.24) is 19.9 Å². The highest BCUT2D eigenvalue weighted by Crippen LogP contribution is 2.21. The van der Waals surface area contributed by atoms with Crippen molar-refractivity contribution in [3.05, 3.63) is 64.0 Å². The van der Waals surface area contributed by atoms with E-state index in [1.54, 1.807) is 24.5 Å². The zero-order valence-electron chi connectivity index (χ0n) is 14.1. The van der Waals surface area contributed by atoms with Crippen LogP contribution in [0.1, 0.15) is 17.0 Å². The summed E-state index contributed by atoms with van der Waals surface area (Å²) in [6.45, 7) is 1.27. The number of H-pyrrole nitrogens is 1. The molecule has 0 aromatic carbocycles. The fourth-order valence-corrected chi connectivity index (χ4v) is 3.50. The first kappa shape index (κ1) is 17.6. The maximum atomic E-state index is 12.5. The van der Waals surface area contributed by atoms with E-state index in [1.807, 2.05) is 4.90 Å². The Hall–Kier alpha value is -2.82. The first-order chi connectivity index (χ1) is 12.9. The second kappa shape index (κ2) is 6.72. The van der Waals surface area contributed by atoms with Crippen molar-refractivity contribution >= 4 is 10.1 Å². The molecule has 140 valence electrons. The smallest absolute Gasteiger partial charge is 0.255 e. The molecule has 0 radical (unpaired) electrons. The Morgan fingerprint density at radius 3 is 2.70 bits per heavy atom. The normalized spacial score (nSPS) is 14.9. The second-order valence-electron chi connectivity index (χ2n) is 6.21. The Balaban J connectivity index is 1.55. The summed E-state index contributed by atoms with van der Waals surface area (Å²) in [4.78, 5) is 25.8. The minimum absolute atomic E-state index is 0.209. The Morgan fingerprint density at radius 2 is 2.00 bits per heavy atom. The van der Waals surface area contributed by atoms with Crippen LogP contribution in [0.4, 0.5) is 0 Å². The van der Waals surface area contributed by atoms with Crippen LogP contribution < -0.4 is 5.56 Å². The van der Waals surface area contributed by atoms with Gasteiger partial charge >= 0.3 is 0 Å². The molecule has 3 aromatic rings. The van der Waals surface area contributed by atoms with Gasteiger partial charge in [-0.15, -0.1) is 0 Å². The molecular weight excluding hydrogens is 372 g/mol. The number of rotatable bonds is 4. The average molecular weight is 387 g/mol. The number of aromatic nitrogens is 3. The third-order valence-electron chi connectivity index (χ3n) is 4.36. The number of nitrogens with one attached hydrogen (secondary N) is 1. The summed E-state index contributed by atoms with van der Waals surface area (Å²) in [7, 11) is -4.61. The van der Waals surface area contributed by atoms with Gasteiger partial charge in [-0.2, -0.15) is 0 Å². The molecule has 1 aliphatic heterocycles. The largest absolute Gasteiger partial charge is 0.742 e. The van der Waals surface area contributed by atoms with Crippen LogP contribution in [0, 0.1) is 0 Å². The maximum Gasteiger partial charge on any atom is 0.255 e. The molecule has 0 bridgehead atoms. The Kier molecular flexibility index (Phi) is 4.38. The van der Waals surface area contributed by atoms with Crippen LogP contribution in [0.2, 0.25) is 0 Å². The lowest BCUT2D eigenvalue weighted by molar-refractivity contribution is 0.215. The molecular formula is C17H15N4O5S-. The van der Waals surface area contributed by atoms with Gasteiger partial charge in [0.25, 0.3) is 5.56 Å². The third kappa shape index (κ3) is 3.68. The molecule has 0 unspecified atom stereocenters. The zero-order chi connectivity index (χ0) is 19.0. The van der Waals surface area contributed by atoms with Crippen LogP contribution in [-0.4, -0.2) is 39.4 Å². The Morgan fingerprint density at radius 1 is 1.22 bits per heavy atom. The van der Waals surface area contributed by atoms with Gasteiger partial charge in [0.15, 0.2) is 10.1 Å². The SMILES string of the molecule is O=c1[nH]c(-c2ccncc2)nc2c1CN(Cc1ccc(S(=O)(=O)[O-])o1)CC2. The van der Waals surface area contributed by atoms with Crippen molar-refractivity contribution in [2.75, 3.05) is 6.54 Å². The summed E-state index contributed by atoms with van der Waals surface area (Å²) >= 11 is 0. The van der Waals surface area contributed by atoms with Crippen molar-refractivity contribution in [2.24, 2.45) is 0 Å². The summed E-state index contributed by atoms with van der Waals surface area (Å²) in [5, 5.41) is -0.601. The van der Waals surface area contributed by atoms with Crippen LogP contribution in [0.5, 0.6) is 0 Å². The van der Waals surface area contributed by atoms with Crippen molar-refractivity contribution in [2.45, 2.75) is 24.6 Å². The van der Waals surface area contributed by atoms with E-state index in [1.165, 1.54) is 6.07 Å². The molecule has 0 amide bonds. The maximum absolute atomic E-state index is 12.5. The molecule has 4 heterocycles. The highest BCUT2D eigenvalue weighted by Gasteiger charge is 2.22. The molecule has 0 saturated heterocycles. The fraction of sp³-hybridized carbons (Fsp3) is 0.235. The predicted octanol–water partition coefficient (Wildman–Crippen LogP) is 0.887. The van der Waals surface area contributed by atoms with Gasteiger partial charge in [-0.1, -0.05) is 0 Å². The third-order valence-corrected chi connectivity index (χ3v) is 5.08. The average Bonchev–Trinajstić information content (AvgIpc) is 3.12. The highest BCUT2D eigenvalue weighted by atomic mass is 32.2. The number of hydrogen-bond acceptors (Lipinski definition) is 8. The fourth-order valence-electron chi connectivity index (χ4n) is 3.06. The lowest BCUT2D eigenvalue weighted by atomic mass is 10.1. The van der Waals surface area contributed by atoms with E-state index < -0.39 is 15.2 Å². The van der Waals surface area contributed by atoms with Crippen LogP contribution in [0.3, 0.4) is 0 Å². The van der Waals surface area contributed by atoms with Crippen LogP contribution >= 0.6 is 0 Å². The highest BCUT2D eigenvalue weighted by molar-refractivity contribution is 7.85. The molecule has 1 aliphatic rings. The molecule has 9 nitrogen and oxygen atoms in total. The number of pyridine rings is 1. The van der Waals surface area contributed by atoms with Crippen molar-refractivity contribution < 1.29 is 17.4 Å². The first-order valence-electron chi connectivity index (χ1n) is 8.19. The van der Waals surface area contributed by atoms with E-state index in [0.29, 0.717) is 43.2 Å². The molecule has 27 heavy (non-hydrogen) atoms. The summed E-state index contributed by atoms with van der Waals surface area (Å²) in [5.74, 6) is 0.858. The molecule has 0 aliphatic carbocycles. The van der Waals surface area contributed by atoms with E-state index in [4.69, 9.17) is 4.42 Å². The van der Waals surface area contributed by atoms with Gasteiger partial charge in [0.2, 0.25) is 5.09 Å². The lowest BCUT2D eigenvalue weighted by Gasteiger charge is -2.26. The van der Waals surface area contributed by atoms with Crippen LogP contribution in [0.25, 0.3) is 11.4 Å². The number of nitrogens with zero attached hydrogens (tertiary/aromatic N) is 3. The molecule has 3 aromatic heterocycles. The van der Waals surface area contributed by atoms with Crippen LogP contribution in [0.15, 0.2) is 51.0 Å². The van der Waals surface area contributed by atoms with E-state index in [0.717, 1.165) is 17.3 Å². The Bertz CT molecular complexity index is 1140. The number of hydrogen-bond donors (Lipinski definition) is 1. The summed E-state index contributed by atoms with van der Waals surface area (Å²) in [5.41, 5.74) is 1.89. The molecule has 0 atom stereocenters. The van der Waals surface area contributed by atoms with Crippen molar-refractivity contribution in [3.63, 3.8) is 0 Å². The topological polar surface area (TPSA) is 132 Å². The number of aromatic amines is 1. The molecule has 0 saturated carbocycles. The van der Waals surface area contributed by atoms with Gasteiger partial charge in [0, 0.05) is 37.5 Å². The summed E-state index contributed by atoms with van der Waals surface area (Å²) in [6, 6.07) is 6.15. The summed E-state index contributed by atoms with van der Waals surface area (Å²) in [6.07, 6.45) is 3.84. The van der Waals surface area contributed by atoms with Crippen molar-refractivity contribution in [3.8, 4) is 11.4 Å². The molecule has 4 rings (SSSR count). The van der Waals surface area contributed by atoms with Gasteiger partial charge in [-0.25, -0.2) is 13.4 Å². The van der Waals surface area contributed by atoms with Gasteiger partial charge in [-0.3, -0.25) is 14.7 Å². The standard InChI is InChI=1S/C17H16N4O5S/c22-17-13-10-21(9-12-1-2-15(26-12)27(23,24)25)8-5-14(13)19-16(20-17)11-3-6-18-7-4-11/h1-4,6-7H,5,8-10H2,(H,19,20,22)(H,23,24,25)/p-1. The minimum Gasteiger partial charge on any atom is -0.742 e.